The summed E-state index contributed by atoms with van der Waals surface area (Å²) in [6.45, 7) is 2.31. The number of nitrogens with one attached hydrogen (secondary N) is 1. The van der Waals surface area contributed by atoms with Crippen LogP contribution < -0.4 is 15.6 Å². The molecule has 0 bridgehead atoms. The van der Waals surface area contributed by atoms with E-state index in [0.29, 0.717) is 5.82 Å². The van der Waals surface area contributed by atoms with Crippen molar-refractivity contribution in [3.8, 4) is 5.13 Å². The van der Waals surface area contributed by atoms with E-state index in [1.165, 1.54) is 10.9 Å². The lowest BCUT2D eigenvalue weighted by atomic mass is 9.99. The topological polar surface area (TPSA) is 143 Å². The number of anilines is 2. The van der Waals surface area contributed by atoms with E-state index < -0.39 is 28.7 Å². The zero-order valence-corrected chi connectivity index (χ0v) is 18.4. The fraction of sp³-hybridized carbons (Fsp3) is 0.190. The van der Waals surface area contributed by atoms with E-state index in [4.69, 9.17) is 0 Å². The van der Waals surface area contributed by atoms with Crippen LogP contribution in [0.5, 0.6) is 0 Å². The zero-order valence-electron chi connectivity index (χ0n) is 17.6. The number of pyridine rings is 3. The van der Waals surface area contributed by atoms with Crippen LogP contribution in [0.1, 0.15) is 15.9 Å². The number of hydrogen-bond donors (Lipinski definition) is 2. The Kier molecular flexibility index (Phi) is 5.24. The van der Waals surface area contributed by atoms with Crippen molar-refractivity contribution in [2.24, 2.45) is 5.92 Å². The molecule has 1 aliphatic heterocycles. The summed E-state index contributed by atoms with van der Waals surface area (Å²) in [5, 5.41) is 12.2. The van der Waals surface area contributed by atoms with Gasteiger partial charge >= 0.3 is 5.97 Å². The molecule has 5 heterocycles. The van der Waals surface area contributed by atoms with Crippen molar-refractivity contribution in [3.63, 3.8) is 0 Å². The van der Waals surface area contributed by atoms with Gasteiger partial charge in [0, 0.05) is 37.0 Å². The molecule has 1 amide bonds. The van der Waals surface area contributed by atoms with Gasteiger partial charge < -0.3 is 15.3 Å². The lowest BCUT2D eigenvalue weighted by Gasteiger charge is -2.39. The number of hydrogen-bond acceptors (Lipinski definition) is 9. The molecule has 5 rings (SSSR count). The molecular formula is C21H16FN7O4S. The van der Waals surface area contributed by atoms with Gasteiger partial charge in [0.25, 0.3) is 0 Å². The van der Waals surface area contributed by atoms with Gasteiger partial charge in [0.15, 0.2) is 17.3 Å². The third kappa shape index (κ3) is 3.75. The first kappa shape index (κ1) is 21.6. The Hall–Kier alpha value is -4.26. The first-order chi connectivity index (χ1) is 16.3. The number of rotatable bonds is 5. The fourth-order valence-electron chi connectivity index (χ4n) is 3.66. The molecule has 0 saturated carbocycles. The summed E-state index contributed by atoms with van der Waals surface area (Å²) in [7, 11) is 0. The molecule has 0 aromatic carbocycles. The summed E-state index contributed by atoms with van der Waals surface area (Å²) >= 11 is 0.962. The number of carboxylic acid groups (broad SMARTS) is 1. The number of carboxylic acids is 1. The standard InChI is InChI=1S/C21H16FN7O4S/c1-10-2-3-23-15(4-10)26-19(31)11-6-28(7-11)18-14(22)5-12-16(30)13(20(32)33)8-29(17(12)27-18)21-24-9-25-34-21/h2-5,8-9,11H,6-7H2,1H3,(H,32,33)(H,23,26,31). The molecule has 0 radical (unpaired) electrons. The van der Waals surface area contributed by atoms with Crippen LogP contribution in [0.2, 0.25) is 0 Å². The van der Waals surface area contributed by atoms with Crippen molar-refractivity contribution in [1.29, 1.82) is 0 Å². The van der Waals surface area contributed by atoms with Crippen molar-refractivity contribution in [2.75, 3.05) is 23.3 Å². The first-order valence-electron chi connectivity index (χ1n) is 10.1. The van der Waals surface area contributed by atoms with Crippen LogP contribution in [0, 0.1) is 18.7 Å². The second kappa shape index (κ2) is 8.26. The average molecular weight is 481 g/mol. The van der Waals surface area contributed by atoms with Crippen LogP contribution in [0.25, 0.3) is 16.2 Å². The summed E-state index contributed by atoms with van der Waals surface area (Å²) in [5.41, 5.74) is -0.398. The van der Waals surface area contributed by atoms with Crippen LogP contribution >= 0.6 is 11.5 Å². The van der Waals surface area contributed by atoms with Crippen LogP contribution in [-0.2, 0) is 4.79 Å². The third-order valence-electron chi connectivity index (χ3n) is 5.42. The molecule has 4 aromatic rings. The molecule has 34 heavy (non-hydrogen) atoms. The monoisotopic (exact) mass is 481 g/mol. The van der Waals surface area contributed by atoms with Gasteiger partial charge in [-0.2, -0.15) is 4.37 Å². The number of carbonyl (C=O) groups is 2. The van der Waals surface area contributed by atoms with Gasteiger partial charge in [-0.1, -0.05) is 0 Å². The minimum Gasteiger partial charge on any atom is -0.477 e. The SMILES string of the molecule is Cc1ccnc(NC(=O)C2CN(c3nc4c(cc3F)c(=O)c(C(=O)O)cn4-c3ncns3)C2)c1. The van der Waals surface area contributed by atoms with Gasteiger partial charge in [0.2, 0.25) is 16.5 Å². The largest absolute Gasteiger partial charge is 0.477 e. The van der Waals surface area contributed by atoms with E-state index in [0.717, 1.165) is 29.4 Å². The van der Waals surface area contributed by atoms with E-state index >= 15 is 0 Å². The van der Waals surface area contributed by atoms with Crippen molar-refractivity contribution in [1.82, 2.24) is 23.9 Å². The molecule has 4 aromatic heterocycles. The van der Waals surface area contributed by atoms with Crippen molar-refractivity contribution in [2.45, 2.75) is 6.92 Å². The highest BCUT2D eigenvalue weighted by Crippen LogP contribution is 2.29. The highest BCUT2D eigenvalue weighted by Gasteiger charge is 2.35. The highest BCUT2D eigenvalue weighted by atomic mass is 32.1. The van der Waals surface area contributed by atoms with Gasteiger partial charge in [-0.15, -0.1) is 0 Å². The van der Waals surface area contributed by atoms with E-state index in [2.05, 4.69) is 24.6 Å². The lowest BCUT2D eigenvalue weighted by molar-refractivity contribution is -0.120. The second-order valence-corrected chi connectivity index (χ2v) is 8.50. The summed E-state index contributed by atoms with van der Waals surface area (Å²) in [4.78, 5) is 50.8. The summed E-state index contributed by atoms with van der Waals surface area (Å²) in [5.74, 6) is -2.50. The minimum absolute atomic E-state index is 0.0417. The summed E-state index contributed by atoms with van der Waals surface area (Å²) in [6, 6.07) is 4.53. The Bertz CT molecular complexity index is 1500. The number of amides is 1. The molecular weight excluding hydrogens is 465 g/mol. The number of aromatic nitrogens is 5. The molecule has 1 saturated heterocycles. The molecule has 1 fully saturated rings. The second-order valence-electron chi connectivity index (χ2n) is 7.75. The molecule has 0 aliphatic carbocycles. The first-order valence-corrected chi connectivity index (χ1v) is 10.8. The third-order valence-corrected chi connectivity index (χ3v) is 6.08. The quantitative estimate of drug-likeness (QED) is 0.436. The van der Waals surface area contributed by atoms with Gasteiger partial charge in [-0.05, 0) is 30.7 Å². The molecule has 0 spiro atoms. The molecule has 13 heteroatoms. The number of carbonyl (C=O) groups excluding carboxylic acids is 1. The highest BCUT2D eigenvalue weighted by molar-refractivity contribution is 7.08. The van der Waals surface area contributed by atoms with Gasteiger partial charge in [-0.25, -0.2) is 24.1 Å². The van der Waals surface area contributed by atoms with Crippen LogP contribution in [-0.4, -0.2) is 54.0 Å². The van der Waals surface area contributed by atoms with Crippen LogP contribution in [0.15, 0.2) is 41.7 Å². The molecule has 2 N–H and O–H groups in total. The molecule has 0 unspecified atom stereocenters. The zero-order chi connectivity index (χ0) is 24.0. The Morgan fingerprint density at radius 1 is 1.26 bits per heavy atom. The fourth-order valence-corrected chi connectivity index (χ4v) is 4.17. The smallest absolute Gasteiger partial charge is 0.341 e. The van der Waals surface area contributed by atoms with Crippen molar-refractivity contribution in [3.05, 3.63) is 64.1 Å². The van der Waals surface area contributed by atoms with Gasteiger partial charge in [-0.3, -0.25) is 14.2 Å². The Morgan fingerprint density at radius 3 is 2.74 bits per heavy atom. The number of fused-ring (bicyclic) bond motifs is 1. The normalized spacial score (nSPS) is 13.6. The minimum atomic E-state index is -1.45. The predicted molar refractivity (Wildman–Crippen MR) is 121 cm³/mol. The Labute approximate surface area is 194 Å². The van der Waals surface area contributed by atoms with Crippen LogP contribution in [0.4, 0.5) is 16.0 Å². The van der Waals surface area contributed by atoms with E-state index in [-0.39, 0.29) is 41.0 Å². The van der Waals surface area contributed by atoms with E-state index in [1.807, 2.05) is 13.0 Å². The van der Waals surface area contributed by atoms with Gasteiger partial charge in [0.05, 0.1) is 11.3 Å². The van der Waals surface area contributed by atoms with E-state index in [9.17, 15) is 23.9 Å². The Morgan fingerprint density at radius 2 is 2.06 bits per heavy atom. The summed E-state index contributed by atoms with van der Waals surface area (Å²) in [6.07, 6.45) is 3.97. The number of nitrogens with zero attached hydrogens (tertiary/aromatic N) is 6. The number of aryl methyl sites for hydroxylation is 1. The van der Waals surface area contributed by atoms with Gasteiger partial charge in [0.1, 0.15) is 17.7 Å². The van der Waals surface area contributed by atoms with Crippen molar-refractivity contribution >= 4 is 46.1 Å². The molecule has 172 valence electrons. The predicted octanol–water partition coefficient (Wildman–Crippen LogP) is 1.85. The molecule has 0 atom stereocenters. The summed E-state index contributed by atoms with van der Waals surface area (Å²) < 4.78 is 20.2. The maximum absolute atomic E-state index is 15.0. The van der Waals surface area contributed by atoms with Crippen LogP contribution in [0.3, 0.4) is 0 Å². The maximum Gasteiger partial charge on any atom is 0.341 e. The maximum atomic E-state index is 15.0. The number of halogens is 1. The van der Waals surface area contributed by atoms with E-state index in [1.54, 1.807) is 17.2 Å². The number of aromatic carboxylic acids is 1. The molecule has 1 aliphatic rings. The molecule has 11 nitrogen and oxygen atoms in total. The lowest BCUT2D eigenvalue weighted by Crippen LogP contribution is -2.52. The average Bonchev–Trinajstić information content (AvgIpc) is 3.28. The van der Waals surface area contributed by atoms with Crippen molar-refractivity contribution < 1.29 is 19.1 Å². The Balaban J connectivity index is 1.46.